The van der Waals surface area contributed by atoms with Gasteiger partial charge >= 0.3 is 0 Å². The first-order valence-corrected chi connectivity index (χ1v) is 7.84. The number of amides is 1. The van der Waals surface area contributed by atoms with Crippen molar-refractivity contribution in [2.75, 3.05) is 12.4 Å². The minimum atomic E-state index is -0.108. The van der Waals surface area contributed by atoms with Gasteiger partial charge in [-0.15, -0.1) is 0 Å². The zero-order chi connectivity index (χ0) is 15.4. The number of carbonyl (C=O) groups is 1. The van der Waals surface area contributed by atoms with E-state index in [0.717, 1.165) is 20.6 Å². The number of carbonyl (C=O) groups excluding carboxylic acids is 1. The number of hydrogen-bond donors (Lipinski definition) is 1. The second-order valence-corrected chi connectivity index (χ2v) is 6.21. The fourth-order valence-electron chi connectivity index (χ4n) is 2.12. The largest absolute Gasteiger partial charge is 0.496 e. The molecule has 0 radical (unpaired) electrons. The Morgan fingerprint density at radius 1 is 1.19 bits per heavy atom. The van der Waals surface area contributed by atoms with Crippen LogP contribution >= 0.6 is 22.6 Å². The van der Waals surface area contributed by atoms with Crippen LogP contribution in [0.1, 0.15) is 35.7 Å². The highest BCUT2D eigenvalue weighted by Gasteiger charge is 2.12. The molecule has 2 aromatic carbocycles. The highest BCUT2D eigenvalue weighted by atomic mass is 127. The van der Waals surface area contributed by atoms with Gasteiger partial charge in [0, 0.05) is 11.3 Å². The molecule has 1 amide bonds. The van der Waals surface area contributed by atoms with Gasteiger partial charge in [0.25, 0.3) is 5.91 Å². The minimum absolute atomic E-state index is 0.108. The van der Waals surface area contributed by atoms with Crippen molar-refractivity contribution in [3.8, 4) is 5.75 Å². The fourth-order valence-corrected chi connectivity index (χ4v) is 2.85. The molecule has 0 spiro atoms. The number of anilines is 1. The summed E-state index contributed by atoms with van der Waals surface area (Å²) in [6.45, 7) is 4.22. The predicted molar refractivity (Wildman–Crippen MR) is 94.2 cm³/mol. The van der Waals surface area contributed by atoms with Crippen LogP contribution in [0, 0.1) is 3.57 Å². The van der Waals surface area contributed by atoms with Gasteiger partial charge in [0.15, 0.2) is 0 Å². The van der Waals surface area contributed by atoms with E-state index in [2.05, 4.69) is 41.8 Å². The predicted octanol–water partition coefficient (Wildman–Crippen LogP) is 4.68. The Balaban J connectivity index is 2.24. The van der Waals surface area contributed by atoms with E-state index in [9.17, 15) is 4.79 Å². The molecule has 0 heterocycles. The number of methoxy groups -OCH3 is 1. The van der Waals surface area contributed by atoms with Gasteiger partial charge in [0.1, 0.15) is 5.75 Å². The summed E-state index contributed by atoms with van der Waals surface area (Å²) in [5.74, 6) is 1.02. The maximum atomic E-state index is 12.4. The molecule has 0 atom stereocenters. The lowest BCUT2D eigenvalue weighted by Gasteiger charge is -2.14. The van der Waals surface area contributed by atoms with E-state index in [4.69, 9.17) is 4.74 Å². The van der Waals surface area contributed by atoms with Crippen molar-refractivity contribution in [2.24, 2.45) is 0 Å². The fraction of sp³-hybridized carbons (Fsp3) is 0.235. The Hall–Kier alpha value is -1.56. The monoisotopic (exact) mass is 395 g/mol. The third-order valence-electron chi connectivity index (χ3n) is 3.24. The molecule has 110 valence electrons. The molecule has 0 aromatic heterocycles. The number of para-hydroxylation sites is 1. The number of ether oxygens (including phenoxy) is 1. The molecular formula is C17H18INO2. The lowest BCUT2D eigenvalue weighted by molar-refractivity contribution is 0.102. The van der Waals surface area contributed by atoms with E-state index in [0.29, 0.717) is 11.5 Å². The third-order valence-corrected chi connectivity index (χ3v) is 4.09. The lowest BCUT2D eigenvalue weighted by Crippen LogP contribution is -2.14. The highest BCUT2D eigenvalue weighted by Crippen LogP contribution is 2.25. The van der Waals surface area contributed by atoms with Crippen LogP contribution in [0.4, 0.5) is 5.69 Å². The van der Waals surface area contributed by atoms with Crippen molar-refractivity contribution in [2.45, 2.75) is 19.8 Å². The van der Waals surface area contributed by atoms with Gasteiger partial charge in [-0.05, 0) is 58.3 Å². The molecule has 0 saturated carbocycles. The maximum Gasteiger partial charge on any atom is 0.255 e. The average molecular weight is 395 g/mol. The second kappa shape index (κ2) is 6.93. The van der Waals surface area contributed by atoms with Crippen LogP contribution in [0.5, 0.6) is 5.75 Å². The molecule has 0 aliphatic carbocycles. The molecule has 1 N–H and O–H groups in total. The SMILES string of the molecule is COc1ccc(C(=O)Nc2ccccc2C(C)C)cc1I. The first-order chi connectivity index (χ1) is 10.0. The Labute approximate surface area is 138 Å². The van der Waals surface area contributed by atoms with Crippen LogP contribution in [0.3, 0.4) is 0 Å². The number of hydrogen-bond acceptors (Lipinski definition) is 2. The van der Waals surface area contributed by atoms with E-state index >= 15 is 0 Å². The molecule has 0 aliphatic heterocycles. The van der Waals surface area contributed by atoms with Crippen molar-refractivity contribution >= 4 is 34.2 Å². The van der Waals surface area contributed by atoms with Crippen molar-refractivity contribution < 1.29 is 9.53 Å². The molecule has 21 heavy (non-hydrogen) atoms. The smallest absolute Gasteiger partial charge is 0.255 e. The van der Waals surface area contributed by atoms with Crippen LogP contribution in [-0.4, -0.2) is 13.0 Å². The third kappa shape index (κ3) is 3.75. The van der Waals surface area contributed by atoms with Gasteiger partial charge in [-0.3, -0.25) is 4.79 Å². The Morgan fingerprint density at radius 3 is 2.52 bits per heavy atom. The summed E-state index contributed by atoms with van der Waals surface area (Å²) < 4.78 is 6.13. The molecular weight excluding hydrogens is 377 g/mol. The first-order valence-electron chi connectivity index (χ1n) is 6.76. The Morgan fingerprint density at radius 2 is 1.90 bits per heavy atom. The summed E-state index contributed by atoms with van der Waals surface area (Å²) in [5, 5.41) is 2.99. The van der Waals surface area contributed by atoms with E-state index in [1.165, 1.54) is 0 Å². The molecule has 4 heteroatoms. The lowest BCUT2D eigenvalue weighted by atomic mass is 10.0. The first kappa shape index (κ1) is 15.8. The zero-order valence-electron chi connectivity index (χ0n) is 12.3. The molecule has 0 fully saturated rings. The summed E-state index contributed by atoms with van der Waals surface area (Å²) in [6.07, 6.45) is 0. The summed E-state index contributed by atoms with van der Waals surface area (Å²) >= 11 is 2.16. The Bertz CT molecular complexity index is 653. The molecule has 0 saturated heterocycles. The van der Waals surface area contributed by atoms with Crippen molar-refractivity contribution in [1.82, 2.24) is 0 Å². The van der Waals surface area contributed by atoms with Gasteiger partial charge < -0.3 is 10.1 Å². The minimum Gasteiger partial charge on any atom is -0.496 e. The Kier molecular flexibility index (Phi) is 5.22. The molecule has 3 nitrogen and oxygen atoms in total. The number of benzene rings is 2. The van der Waals surface area contributed by atoms with Crippen molar-refractivity contribution in [1.29, 1.82) is 0 Å². The zero-order valence-corrected chi connectivity index (χ0v) is 14.5. The summed E-state index contributed by atoms with van der Waals surface area (Å²) in [6, 6.07) is 13.3. The maximum absolute atomic E-state index is 12.4. The summed E-state index contributed by atoms with van der Waals surface area (Å²) in [4.78, 5) is 12.4. The van der Waals surface area contributed by atoms with Crippen LogP contribution in [-0.2, 0) is 0 Å². The van der Waals surface area contributed by atoms with Crippen LogP contribution in [0.15, 0.2) is 42.5 Å². The van der Waals surface area contributed by atoms with E-state index in [-0.39, 0.29) is 5.91 Å². The molecule has 2 rings (SSSR count). The topological polar surface area (TPSA) is 38.3 Å². The summed E-state index contributed by atoms with van der Waals surface area (Å²) in [7, 11) is 1.62. The average Bonchev–Trinajstić information content (AvgIpc) is 2.47. The van der Waals surface area contributed by atoms with Crippen LogP contribution in [0.25, 0.3) is 0 Å². The van der Waals surface area contributed by atoms with Gasteiger partial charge in [-0.2, -0.15) is 0 Å². The molecule has 2 aromatic rings. The van der Waals surface area contributed by atoms with E-state index in [1.807, 2.05) is 36.4 Å². The molecule has 0 bridgehead atoms. The van der Waals surface area contributed by atoms with Crippen molar-refractivity contribution in [3.63, 3.8) is 0 Å². The number of rotatable bonds is 4. The second-order valence-electron chi connectivity index (χ2n) is 5.05. The quantitative estimate of drug-likeness (QED) is 0.764. The summed E-state index contributed by atoms with van der Waals surface area (Å²) in [5.41, 5.74) is 2.62. The molecule has 0 aliphatic rings. The highest BCUT2D eigenvalue weighted by molar-refractivity contribution is 14.1. The van der Waals surface area contributed by atoms with E-state index in [1.54, 1.807) is 13.2 Å². The number of halogens is 1. The van der Waals surface area contributed by atoms with Gasteiger partial charge in [-0.1, -0.05) is 32.0 Å². The van der Waals surface area contributed by atoms with Gasteiger partial charge in [0.05, 0.1) is 10.7 Å². The van der Waals surface area contributed by atoms with Gasteiger partial charge in [-0.25, -0.2) is 0 Å². The molecule has 0 unspecified atom stereocenters. The van der Waals surface area contributed by atoms with Crippen molar-refractivity contribution in [3.05, 3.63) is 57.2 Å². The van der Waals surface area contributed by atoms with Gasteiger partial charge in [0.2, 0.25) is 0 Å². The normalized spacial score (nSPS) is 10.5. The van der Waals surface area contributed by atoms with E-state index < -0.39 is 0 Å². The standard InChI is InChI=1S/C17H18INO2/c1-11(2)13-6-4-5-7-15(13)19-17(20)12-8-9-16(21-3)14(18)10-12/h4-11H,1-3H3,(H,19,20). The van der Waals surface area contributed by atoms with Crippen LogP contribution in [0.2, 0.25) is 0 Å². The number of nitrogens with one attached hydrogen (secondary N) is 1. The van der Waals surface area contributed by atoms with Crippen LogP contribution < -0.4 is 10.1 Å².